The summed E-state index contributed by atoms with van der Waals surface area (Å²) in [6.07, 6.45) is 4.02. The molecule has 18 heavy (non-hydrogen) atoms. The molecule has 2 saturated heterocycles. The van der Waals surface area contributed by atoms with Crippen molar-refractivity contribution in [3.05, 3.63) is 0 Å². The highest BCUT2D eigenvalue weighted by molar-refractivity contribution is 7.98. The molecule has 0 aromatic heterocycles. The van der Waals surface area contributed by atoms with Crippen LogP contribution in [-0.4, -0.2) is 73.0 Å². The van der Waals surface area contributed by atoms with E-state index in [4.69, 9.17) is 0 Å². The van der Waals surface area contributed by atoms with Crippen LogP contribution in [0.4, 0.5) is 0 Å². The molecule has 1 unspecified atom stereocenters. The van der Waals surface area contributed by atoms with Gasteiger partial charge in [0.15, 0.2) is 0 Å². The van der Waals surface area contributed by atoms with Crippen LogP contribution in [0.2, 0.25) is 0 Å². The molecule has 0 saturated carbocycles. The quantitative estimate of drug-likeness (QED) is 0.826. The van der Waals surface area contributed by atoms with Crippen molar-refractivity contribution in [1.29, 1.82) is 0 Å². The van der Waals surface area contributed by atoms with E-state index in [2.05, 4.69) is 16.5 Å². The molecule has 0 radical (unpaired) electrons. The Morgan fingerprint density at radius 3 is 2.61 bits per heavy atom. The van der Waals surface area contributed by atoms with Gasteiger partial charge in [0, 0.05) is 50.9 Å². The molecular formula is C12H24ClN3OS. The van der Waals surface area contributed by atoms with Gasteiger partial charge in [-0.15, -0.1) is 12.4 Å². The van der Waals surface area contributed by atoms with Crippen LogP contribution in [0.25, 0.3) is 0 Å². The average molecular weight is 294 g/mol. The minimum atomic E-state index is 0. The third kappa shape index (κ3) is 4.30. The number of carbonyl (C=O) groups is 1. The maximum atomic E-state index is 11.9. The monoisotopic (exact) mass is 293 g/mol. The predicted octanol–water partition coefficient (Wildman–Crippen LogP) is 0.667. The fourth-order valence-corrected chi connectivity index (χ4v) is 3.01. The second-order valence-electron chi connectivity index (χ2n) is 4.81. The first kappa shape index (κ1) is 16.1. The molecule has 0 bridgehead atoms. The molecule has 0 aromatic carbocycles. The van der Waals surface area contributed by atoms with Crippen molar-refractivity contribution in [2.24, 2.45) is 0 Å². The van der Waals surface area contributed by atoms with Gasteiger partial charge >= 0.3 is 0 Å². The minimum Gasteiger partial charge on any atom is -0.340 e. The number of hydrogen-bond acceptors (Lipinski definition) is 4. The lowest BCUT2D eigenvalue weighted by Crippen LogP contribution is -2.52. The number of rotatable bonds is 4. The first-order valence-electron chi connectivity index (χ1n) is 6.52. The third-order valence-electron chi connectivity index (χ3n) is 3.74. The van der Waals surface area contributed by atoms with Crippen LogP contribution in [0.1, 0.15) is 12.8 Å². The first-order valence-corrected chi connectivity index (χ1v) is 7.92. The Labute approximate surface area is 120 Å². The van der Waals surface area contributed by atoms with Gasteiger partial charge in [0.2, 0.25) is 5.91 Å². The predicted molar refractivity (Wildman–Crippen MR) is 79.7 cm³/mol. The van der Waals surface area contributed by atoms with Gasteiger partial charge in [-0.1, -0.05) is 0 Å². The number of hydrogen-bond donors (Lipinski definition) is 1. The SMILES string of the molecule is CSCCC(=O)N1CCN(C2CCNC2)CC1.Cl. The molecule has 4 nitrogen and oxygen atoms in total. The molecule has 2 rings (SSSR count). The van der Waals surface area contributed by atoms with Gasteiger partial charge < -0.3 is 10.2 Å². The standard InChI is InChI=1S/C12H23N3OS.ClH/c1-17-9-3-12(16)15-7-5-14(6-8-15)11-2-4-13-10-11;/h11,13H,2-10H2,1H3;1H. The molecular weight excluding hydrogens is 270 g/mol. The summed E-state index contributed by atoms with van der Waals surface area (Å²) in [7, 11) is 0. The summed E-state index contributed by atoms with van der Waals surface area (Å²) in [5, 5.41) is 3.41. The number of halogens is 1. The van der Waals surface area contributed by atoms with E-state index in [-0.39, 0.29) is 12.4 Å². The number of nitrogens with zero attached hydrogens (tertiary/aromatic N) is 2. The van der Waals surface area contributed by atoms with Crippen molar-refractivity contribution in [3.8, 4) is 0 Å². The molecule has 0 spiro atoms. The number of thioether (sulfide) groups is 1. The van der Waals surface area contributed by atoms with Crippen molar-refractivity contribution < 1.29 is 4.79 Å². The van der Waals surface area contributed by atoms with Crippen molar-refractivity contribution >= 4 is 30.1 Å². The van der Waals surface area contributed by atoms with Crippen LogP contribution >= 0.6 is 24.2 Å². The van der Waals surface area contributed by atoms with Crippen LogP contribution in [0.3, 0.4) is 0 Å². The Bertz CT molecular complexity index is 254. The summed E-state index contributed by atoms with van der Waals surface area (Å²) in [6.45, 7) is 6.22. The van der Waals surface area contributed by atoms with Gasteiger partial charge in [-0.25, -0.2) is 0 Å². The molecule has 1 amide bonds. The number of piperazine rings is 1. The van der Waals surface area contributed by atoms with Gasteiger partial charge in [-0.05, 0) is 19.2 Å². The second kappa shape index (κ2) is 8.25. The third-order valence-corrected chi connectivity index (χ3v) is 4.35. The molecule has 6 heteroatoms. The molecule has 2 aliphatic heterocycles. The van der Waals surface area contributed by atoms with E-state index < -0.39 is 0 Å². The Hall–Kier alpha value is 0.0300. The lowest BCUT2D eigenvalue weighted by atomic mass is 10.2. The Kier molecular flexibility index (Phi) is 7.37. The molecule has 0 aromatic rings. The minimum absolute atomic E-state index is 0. The normalized spacial score (nSPS) is 24.9. The Morgan fingerprint density at radius 2 is 2.06 bits per heavy atom. The highest BCUT2D eigenvalue weighted by atomic mass is 35.5. The number of carbonyl (C=O) groups excluding carboxylic acids is 1. The Balaban J connectivity index is 0.00000162. The smallest absolute Gasteiger partial charge is 0.223 e. The van der Waals surface area contributed by atoms with Crippen LogP contribution in [-0.2, 0) is 4.79 Å². The number of amides is 1. The first-order chi connectivity index (χ1) is 8.31. The summed E-state index contributed by atoms with van der Waals surface area (Å²) in [5.41, 5.74) is 0. The lowest BCUT2D eigenvalue weighted by molar-refractivity contribution is -0.132. The average Bonchev–Trinajstić information content (AvgIpc) is 2.90. The van der Waals surface area contributed by atoms with Crippen LogP contribution in [0, 0.1) is 0 Å². The van der Waals surface area contributed by atoms with Crippen molar-refractivity contribution in [2.45, 2.75) is 18.9 Å². The topological polar surface area (TPSA) is 35.6 Å². The molecule has 2 fully saturated rings. The van der Waals surface area contributed by atoms with E-state index in [0.717, 1.165) is 45.0 Å². The van der Waals surface area contributed by atoms with Crippen molar-refractivity contribution in [2.75, 3.05) is 51.3 Å². The zero-order chi connectivity index (χ0) is 12.1. The van der Waals surface area contributed by atoms with Crippen LogP contribution in [0.5, 0.6) is 0 Å². The molecule has 106 valence electrons. The van der Waals surface area contributed by atoms with E-state index in [9.17, 15) is 4.79 Å². The fourth-order valence-electron chi connectivity index (χ4n) is 2.64. The summed E-state index contributed by atoms with van der Waals surface area (Å²) < 4.78 is 0. The van der Waals surface area contributed by atoms with E-state index >= 15 is 0 Å². The molecule has 1 atom stereocenters. The summed E-state index contributed by atoms with van der Waals surface area (Å²) in [6, 6.07) is 0.707. The van der Waals surface area contributed by atoms with Crippen molar-refractivity contribution in [3.63, 3.8) is 0 Å². The largest absolute Gasteiger partial charge is 0.340 e. The molecule has 2 heterocycles. The highest BCUT2D eigenvalue weighted by Gasteiger charge is 2.27. The fraction of sp³-hybridized carbons (Fsp3) is 0.917. The van der Waals surface area contributed by atoms with Gasteiger partial charge in [0.25, 0.3) is 0 Å². The zero-order valence-electron chi connectivity index (χ0n) is 11.1. The highest BCUT2D eigenvalue weighted by Crippen LogP contribution is 2.12. The van der Waals surface area contributed by atoms with E-state index in [1.54, 1.807) is 11.8 Å². The lowest BCUT2D eigenvalue weighted by Gasteiger charge is -2.37. The summed E-state index contributed by atoms with van der Waals surface area (Å²) in [4.78, 5) is 16.4. The second-order valence-corrected chi connectivity index (χ2v) is 5.79. The summed E-state index contributed by atoms with van der Waals surface area (Å²) in [5.74, 6) is 1.29. The van der Waals surface area contributed by atoms with E-state index in [1.807, 2.05) is 4.90 Å². The van der Waals surface area contributed by atoms with Gasteiger partial charge in [0.1, 0.15) is 0 Å². The van der Waals surface area contributed by atoms with Gasteiger partial charge in [0.05, 0.1) is 0 Å². The summed E-state index contributed by atoms with van der Waals surface area (Å²) >= 11 is 1.75. The van der Waals surface area contributed by atoms with E-state index in [0.29, 0.717) is 18.4 Å². The zero-order valence-corrected chi connectivity index (χ0v) is 12.7. The molecule has 1 N–H and O–H groups in total. The van der Waals surface area contributed by atoms with Crippen LogP contribution in [0.15, 0.2) is 0 Å². The Morgan fingerprint density at radius 1 is 1.33 bits per heavy atom. The van der Waals surface area contributed by atoms with Crippen molar-refractivity contribution in [1.82, 2.24) is 15.1 Å². The number of nitrogens with one attached hydrogen (secondary N) is 1. The maximum Gasteiger partial charge on any atom is 0.223 e. The van der Waals surface area contributed by atoms with Crippen LogP contribution < -0.4 is 5.32 Å². The maximum absolute atomic E-state index is 11.9. The van der Waals surface area contributed by atoms with E-state index in [1.165, 1.54) is 6.42 Å². The van der Waals surface area contributed by atoms with Gasteiger partial charge in [-0.3, -0.25) is 9.69 Å². The van der Waals surface area contributed by atoms with Gasteiger partial charge in [-0.2, -0.15) is 11.8 Å². The molecule has 0 aliphatic carbocycles. The molecule has 2 aliphatic rings.